The van der Waals surface area contributed by atoms with Crippen molar-refractivity contribution in [3.05, 3.63) is 63.4 Å². The summed E-state index contributed by atoms with van der Waals surface area (Å²) in [6.07, 6.45) is 1.65. The standard InChI is InChI=1S/C15H11BrF3N/c16-10-3-1-2-9-8(10)4-5-14(9)20-15-7-12(18)11(17)6-13(15)19/h1-3,6-7,14,20H,4-5H2. The molecule has 1 unspecified atom stereocenters. The third kappa shape index (κ3) is 2.30. The lowest BCUT2D eigenvalue weighted by Gasteiger charge is -2.16. The van der Waals surface area contributed by atoms with Crippen molar-refractivity contribution in [2.75, 3.05) is 5.32 Å². The van der Waals surface area contributed by atoms with Gasteiger partial charge >= 0.3 is 0 Å². The second-order valence-corrected chi connectivity index (χ2v) is 5.64. The van der Waals surface area contributed by atoms with Gasteiger partial charge in [-0.15, -0.1) is 0 Å². The second kappa shape index (κ2) is 5.13. The zero-order chi connectivity index (χ0) is 14.3. The van der Waals surface area contributed by atoms with Gasteiger partial charge in [-0.2, -0.15) is 0 Å². The SMILES string of the molecule is Fc1cc(F)c(NC2CCc3c(Br)cccc32)cc1F. The number of benzene rings is 2. The van der Waals surface area contributed by atoms with Crippen molar-refractivity contribution in [2.24, 2.45) is 0 Å². The van der Waals surface area contributed by atoms with Gasteiger partial charge in [0.25, 0.3) is 0 Å². The molecule has 1 nitrogen and oxygen atoms in total. The van der Waals surface area contributed by atoms with Crippen LogP contribution in [0.1, 0.15) is 23.6 Å². The molecular weight excluding hydrogens is 331 g/mol. The van der Waals surface area contributed by atoms with Crippen molar-refractivity contribution >= 4 is 21.6 Å². The van der Waals surface area contributed by atoms with Gasteiger partial charge in [-0.1, -0.05) is 28.1 Å². The topological polar surface area (TPSA) is 12.0 Å². The third-order valence-electron chi connectivity index (χ3n) is 3.55. The van der Waals surface area contributed by atoms with Gasteiger partial charge in [-0.25, -0.2) is 13.2 Å². The van der Waals surface area contributed by atoms with E-state index in [4.69, 9.17) is 0 Å². The highest BCUT2D eigenvalue weighted by molar-refractivity contribution is 9.10. The minimum atomic E-state index is -1.18. The van der Waals surface area contributed by atoms with Gasteiger partial charge in [0.2, 0.25) is 0 Å². The van der Waals surface area contributed by atoms with Crippen LogP contribution in [0.4, 0.5) is 18.9 Å². The highest BCUT2D eigenvalue weighted by Gasteiger charge is 2.25. The van der Waals surface area contributed by atoms with Crippen LogP contribution in [0.15, 0.2) is 34.8 Å². The summed E-state index contributed by atoms with van der Waals surface area (Å²) >= 11 is 3.48. The van der Waals surface area contributed by atoms with Crippen LogP contribution in [-0.2, 0) is 6.42 Å². The molecule has 0 aromatic heterocycles. The van der Waals surface area contributed by atoms with Crippen molar-refractivity contribution in [1.82, 2.24) is 0 Å². The molecule has 0 fully saturated rings. The van der Waals surface area contributed by atoms with Crippen LogP contribution < -0.4 is 5.32 Å². The van der Waals surface area contributed by atoms with E-state index in [0.29, 0.717) is 6.07 Å². The van der Waals surface area contributed by atoms with Crippen LogP contribution in [0.2, 0.25) is 0 Å². The van der Waals surface area contributed by atoms with Crippen LogP contribution in [0.5, 0.6) is 0 Å². The smallest absolute Gasteiger partial charge is 0.161 e. The molecule has 1 aliphatic carbocycles. The number of rotatable bonds is 2. The minimum Gasteiger partial charge on any atom is -0.376 e. The molecule has 1 N–H and O–H groups in total. The van der Waals surface area contributed by atoms with Gasteiger partial charge in [-0.05, 0) is 30.0 Å². The fourth-order valence-electron chi connectivity index (χ4n) is 2.58. The largest absolute Gasteiger partial charge is 0.376 e. The van der Waals surface area contributed by atoms with Crippen molar-refractivity contribution < 1.29 is 13.2 Å². The third-order valence-corrected chi connectivity index (χ3v) is 4.30. The molecule has 0 amide bonds. The van der Waals surface area contributed by atoms with E-state index in [-0.39, 0.29) is 11.7 Å². The summed E-state index contributed by atoms with van der Waals surface area (Å²) in [5.74, 6) is -3.02. The predicted molar refractivity (Wildman–Crippen MR) is 75.1 cm³/mol. The Bertz CT molecular complexity index is 672. The van der Waals surface area contributed by atoms with Crippen molar-refractivity contribution in [3.63, 3.8) is 0 Å². The first kappa shape index (κ1) is 13.5. The Hall–Kier alpha value is -1.49. The molecule has 0 aliphatic heterocycles. The molecule has 0 spiro atoms. The molecule has 2 aromatic rings. The summed E-state index contributed by atoms with van der Waals surface area (Å²) in [6.45, 7) is 0. The summed E-state index contributed by atoms with van der Waals surface area (Å²) in [7, 11) is 0. The number of hydrogen-bond donors (Lipinski definition) is 1. The molecule has 0 saturated heterocycles. The molecule has 0 radical (unpaired) electrons. The highest BCUT2D eigenvalue weighted by Crippen LogP contribution is 2.38. The molecule has 0 saturated carbocycles. The van der Waals surface area contributed by atoms with Crippen LogP contribution >= 0.6 is 15.9 Å². The monoisotopic (exact) mass is 341 g/mol. The lowest BCUT2D eigenvalue weighted by Crippen LogP contribution is -2.09. The Balaban J connectivity index is 1.91. The van der Waals surface area contributed by atoms with Crippen LogP contribution in [0.3, 0.4) is 0 Å². The Morgan fingerprint density at radius 1 is 1.05 bits per heavy atom. The number of fused-ring (bicyclic) bond motifs is 1. The molecule has 0 bridgehead atoms. The van der Waals surface area contributed by atoms with Gasteiger partial charge in [-0.3, -0.25) is 0 Å². The van der Waals surface area contributed by atoms with Gasteiger partial charge in [0, 0.05) is 16.6 Å². The molecule has 3 rings (SSSR count). The average molecular weight is 342 g/mol. The summed E-state index contributed by atoms with van der Waals surface area (Å²) in [5, 5.41) is 2.96. The number of nitrogens with one attached hydrogen (secondary N) is 1. The summed E-state index contributed by atoms with van der Waals surface area (Å²) in [5.41, 5.74) is 2.22. The molecule has 2 aromatic carbocycles. The maximum absolute atomic E-state index is 13.7. The first-order valence-corrected chi connectivity index (χ1v) is 7.04. The van der Waals surface area contributed by atoms with Crippen LogP contribution in [0, 0.1) is 17.5 Å². The predicted octanol–water partition coefficient (Wildman–Crippen LogP) is 4.97. The zero-order valence-electron chi connectivity index (χ0n) is 10.4. The maximum Gasteiger partial charge on any atom is 0.161 e. The van der Waals surface area contributed by atoms with Crippen molar-refractivity contribution in [1.29, 1.82) is 0 Å². The first-order valence-electron chi connectivity index (χ1n) is 6.24. The van der Waals surface area contributed by atoms with Crippen molar-refractivity contribution in [2.45, 2.75) is 18.9 Å². The van der Waals surface area contributed by atoms with Crippen LogP contribution in [-0.4, -0.2) is 0 Å². The Morgan fingerprint density at radius 2 is 1.80 bits per heavy atom. The lowest BCUT2D eigenvalue weighted by molar-refractivity contribution is 0.495. The van der Waals surface area contributed by atoms with E-state index in [1.807, 2.05) is 18.2 Å². The molecule has 0 heterocycles. The minimum absolute atomic E-state index is 0.0123. The Morgan fingerprint density at radius 3 is 2.60 bits per heavy atom. The Labute approximate surface area is 122 Å². The summed E-state index contributed by atoms with van der Waals surface area (Å²) in [6, 6.07) is 7.16. The highest BCUT2D eigenvalue weighted by atomic mass is 79.9. The number of anilines is 1. The van der Waals surface area contributed by atoms with Gasteiger partial charge in [0.1, 0.15) is 5.82 Å². The summed E-state index contributed by atoms with van der Waals surface area (Å²) in [4.78, 5) is 0. The van der Waals surface area contributed by atoms with E-state index < -0.39 is 17.5 Å². The molecule has 104 valence electrons. The van der Waals surface area contributed by atoms with Gasteiger partial charge in [0.05, 0.1) is 11.7 Å². The quantitative estimate of drug-likeness (QED) is 0.760. The van der Waals surface area contributed by atoms with E-state index in [0.717, 1.165) is 28.9 Å². The fourth-order valence-corrected chi connectivity index (χ4v) is 3.16. The van der Waals surface area contributed by atoms with E-state index in [9.17, 15) is 13.2 Å². The molecule has 5 heteroatoms. The maximum atomic E-state index is 13.7. The molecule has 20 heavy (non-hydrogen) atoms. The zero-order valence-corrected chi connectivity index (χ0v) is 12.0. The van der Waals surface area contributed by atoms with E-state index in [1.165, 1.54) is 5.56 Å². The lowest BCUT2D eigenvalue weighted by atomic mass is 10.1. The van der Waals surface area contributed by atoms with E-state index in [1.54, 1.807) is 0 Å². The fraction of sp³-hybridized carbons (Fsp3) is 0.200. The molecule has 1 aliphatic rings. The molecular formula is C15H11BrF3N. The second-order valence-electron chi connectivity index (χ2n) is 4.79. The normalized spacial score (nSPS) is 17.1. The number of halogens is 4. The van der Waals surface area contributed by atoms with Gasteiger partial charge < -0.3 is 5.32 Å². The van der Waals surface area contributed by atoms with E-state index >= 15 is 0 Å². The number of hydrogen-bond acceptors (Lipinski definition) is 1. The average Bonchev–Trinajstić information content (AvgIpc) is 2.81. The summed E-state index contributed by atoms with van der Waals surface area (Å²) < 4.78 is 40.8. The van der Waals surface area contributed by atoms with Gasteiger partial charge in [0.15, 0.2) is 11.6 Å². The van der Waals surface area contributed by atoms with E-state index in [2.05, 4.69) is 21.2 Å². The Kier molecular flexibility index (Phi) is 3.46. The first-order chi connectivity index (χ1) is 9.56. The molecule has 1 atom stereocenters. The van der Waals surface area contributed by atoms with Crippen LogP contribution in [0.25, 0.3) is 0 Å². The van der Waals surface area contributed by atoms with Crippen molar-refractivity contribution in [3.8, 4) is 0 Å².